The second-order valence-corrected chi connectivity index (χ2v) is 15.4. The minimum absolute atomic E-state index is 0.241. The quantitative estimate of drug-likeness (QED) is 0.161. The molecule has 0 amide bonds. The summed E-state index contributed by atoms with van der Waals surface area (Å²) in [5.41, 5.74) is 12.9. The lowest BCUT2D eigenvalue weighted by atomic mass is 9.81. The van der Waals surface area contributed by atoms with Gasteiger partial charge in [0.2, 0.25) is 0 Å². The van der Waals surface area contributed by atoms with Gasteiger partial charge in [-0.25, -0.2) is 0 Å². The highest BCUT2D eigenvalue weighted by Gasteiger charge is 2.25. The number of hydrogen-bond donors (Lipinski definition) is 0. The van der Waals surface area contributed by atoms with Gasteiger partial charge >= 0.3 is 0 Å². The molecule has 0 N–H and O–H groups in total. The Kier molecular flexibility index (Phi) is 10.6. The minimum Gasteiger partial charge on any atom is -0.334 e. The van der Waals surface area contributed by atoms with Crippen molar-refractivity contribution < 1.29 is 0 Å². The molecule has 0 spiro atoms. The molecule has 0 saturated heterocycles. The van der Waals surface area contributed by atoms with Gasteiger partial charge in [-0.05, 0) is 115 Å². The van der Waals surface area contributed by atoms with Crippen LogP contribution in [0, 0.1) is 17.8 Å². The Bertz CT molecular complexity index is 2310. The molecule has 4 aromatic rings. The van der Waals surface area contributed by atoms with Crippen LogP contribution < -0.4 is 9.80 Å². The fraction of sp³-hybridized carbons (Fsp3) is 0.185. The first kappa shape index (κ1) is 35.6. The van der Waals surface area contributed by atoms with Crippen molar-refractivity contribution in [3.63, 3.8) is 0 Å². The molecule has 0 bridgehead atoms. The van der Waals surface area contributed by atoms with Gasteiger partial charge in [0, 0.05) is 46.2 Å². The zero-order valence-corrected chi connectivity index (χ0v) is 32.1. The topological polar surface area (TPSA) is 6.48 Å². The average Bonchev–Trinajstić information content (AvgIpc) is 3.29. The third kappa shape index (κ3) is 7.84. The van der Waals surface area contributed by atoms with Gasteiger partial charge in [-0.15, -0.1) is 0 Å². The summed E-state index contributed by atoms with van der Waals surface area (Å²) in [7, 11) is 0. The normalized spacial score (nSPS) is 22.8. The molecular weight excluding hydrogens is 677 g/mol. The van der Waals surface area contributed by atoms with Gasteiger partial charge in [0.05, 0.1) is 6.04 Å². The maximum absolute atomic E-state index is 2.54. The lowest BCUT2D eigenvalue weighted by Crippen LogP contribution is -2.30. The summed E-state index contributed by atoms with van der Waals surface area (Å²) >= 11 is 0. The molecule has 0 aromatic heterocycles. The molecule has 2 nitrogen and oxygen atoms in total. The molecule has 5 aliphatic carbocycles. The van der Waals surface area contributed by atoms with E-state index in [9.17, 15) is 0 Å². The number of para-hydroxylation sites is 2. The molecule has 0 saturated carbocycles. The Morgan fingerprint density at radius 3 is 1.59 bits per heavy atom. The molecule has 9 rings (SSSR count). The van der Waals surface area contributed by atoms with Crippen molar-refractivity contribution in [1.29, 1.82) is 0 Å². The fourth-order valence-corrected chi connectivity index (χ4v) is 8.82. The summed E-state index contributed by atoms with van der Waals surface area (Å²) < 4.78 is 0. The van der Waals surface area contributed by atoms with Crippen LogP contribution in [0.5, 0.6) is 0 Å². The Balaban J connectivity index is 0.891. The van der Waals surface area contributed by atoms with Gasteiger partial charge in [0.15, 0.2) is 0 Å². The molecule has 5 aliphatic rings. The van der Waals surface area contributed by atoms with Crippen LogP contribution in [0.1, 0.15) is 38.5 Å². The zero-order chi connectivity index (χ0) is 37.5. The van der Waals surface area contributed by atoms with Crippen LogP contribution in [0.4, 0.5) is 17.1 Å². The number of nitrogens with zero attached hydrogens (tertiary/aromatic N) is 2. The van der Waals surface area contributed by atoms with E-state index < -0.39 is 0 Å². The monoisotopic (exact) mass is 726 g/mol. The molecule has 0 fully saturated rings. The van der Waals surface area contributed by atoms with Crippen LogP contribution in [0.2, 0.25) is 0 Å². The number of anilines is 3. The molecule has 2 heteroatoms. The number of rotatable bonds is 10. The van der Waals surface area contributed by atoms with Crippen LogP contribution in [0.25, 0.3) is 11.1 Å². The average molecular weight is 727 g/mol. The van der Waals surface area contributed by atoms with Crippen molar-refractivity contribution in [2.24, 2.45) is 17.8 Å². The van der Waals surface area contributed by atoms with Crippen molar-refractivity contribution in [2.45, 2.75) is 44.6 Å². The van der Waals surface area contributed by atoms with E-state index in [0.717, 1.165) is 38.5 Å². The Hall–Kier alpha value is -6.12. The highest BCUT2D eigenvalue weighted by molar-refractivity contribution is 5.71. The summed E-state index contributed by atoms with van der Waals surface area (Å²) in [6.07, 6.45) is 42.4. The van der Waals surface area contributed by atoms with Crippen LogP contribution in [0.15, 0.2) is 235 Å². The number of allylic oxidation sites excluding steroid dienone is 16. The van der Waals surface area contributed by atoms with Gasteiger partial charge < -0.3 is 9.80 Å². The molecule has 0 radical (unpaired) electrons. The van der Waals surface area contributed by atoms with E-state index in [-0.39, 0.29) is 6.04 Å². The van der Waals surface area contributed by atoms with E-state index in [1.165, 1.54) is 56.3 Å². The molecular formula is C54H50N2. The van der Waals surface area contributed by atoms with Gasteiger partial charge in [-0.2, -0.15) is 0 Å². The maximum atomic E-state index is 2.54. The van der Waals surface area contributed by atoms with E-state index in [1.807, 2.05) is 0 Å². The van der Waals surface area contributed by atoms with E-state index in [0.29, 0.717) is 17.8 Å². The Morgan fingerprint density at radius 2 is 0.982 bits per heavy atom. The first-order valence-corrected chi connectivity index (χ1v) is 20.5. The lowest BCUT2D eigenvalue weighted by molar-refractivity contribution is 0.699. The predicted molar refractivity (Wildman–Crippen MR) is 237 cm³/mol. The van der Waals surface area contributed by atoms with Gasteiger partial charge in [0.1, 0.15) is 0 Å². The molecule has 0 heterocycles. The highest BCUT2D eigenvalue weighted by Crippen LogP contribution is 2.39. The molecule has 4 aromatic carbocycles. The predicted octanol–water partition coefficient (Wildman–Crippen LogP) is 14.0. The third-order valence-corrected chi connectivity index (χ3v) is 11.8. The second kappa shape index (κ2) is 16.7. The first-order valence-electron chi connectivity index (χ1n) is 20.5. The molecule has 56 heavy (non-hydrogen) atoms. The van der Waals surface area contributed by atoms with Gasteiger partial charge in [-0.3, -0.25) is 0 Å². The summed E-state index contributed by atoms with van der Waals surface area (Å²) in [6.45, 7) is 0. The van der Waals surface area contributed by atoms with E-state index in [4.69, 9.17) is 0 Å². The largest absolute Gasteiger partial charge is 0.334 e. The SMILES string of the molecule is C1=CC(C2C=CC(N(C3=CCC(C4=CC(C5=CCC(N(c6ccccc6)c6ccc(-c7ccccc7)cc6)C=C5)CC=C4)C=C3)c3ccccc3)=CC2)=CCC1. The molecule has 4 atom stereocenters. The standard InChI is InChI=1S/C54H50N2/c1-5-14-41(15-6-1)43-24-32-51(33-25-43)55(49-20-9-3-10-21-49)53-36-28-45(29-37-53)47-18-13-19-48(40-47)46-30-38-54(39-31-46)56(50-22-11-4-12-23-50)52-34-26-44(27-35-52)42-16-7-2-8-17-42/h1,3-7,9-17,19-26,28-30,32-36,38-40,44,46-47,53H,2,8,18,27,31,37H2. The van der Waals surface area contributed by atoms with Crippen molar-refractivity contribution in [3.05, 3.63) is 235 Å². The van der Waals surface area contributed by atoms with Crippen molar-refractivity contribution in [1.82, 2.24) is 0 Å². The van der Waals surface area contributed by atoms with Gasteiger partial charge in [0.25, 0.3) is 0 Å². The third-order valence-electron chi connectivity index (χ3n) is 11.8. The number of benzene rings is 4. The van der Waals surface area contributed by atoms with E-state index in [1.54, 1.807) is 0 Å². The van der Waals surface area contributed by atoms with Crippen LogP contribution in [-0.4, -0.2) is 6.04 Å². The van der Waals surface area contributed by atoms with Crippen molar-refractivity contribution in [3.8, 4) is 11.1 Å². The van der Waals surface area contributed by atoms with Crippen molar-refractivity contribution >= 4 is 17.1 Å². The summed E-state index contributed by atoms with van der Waals surface area (Å²) in [6, 6.07) is 41.6. The van der Waals surface area contributed by atoms with Crippen LogP contribution >= 0.6 is 0 Å². The molecule has 4 unspecified atom stereocenters. The Morgan fingerprint density at radius 1 is 0.393 bits per heavy atom. The van der Waals surface area contributed by atoms with Crippen LogP contribution in [-0.2, 0) is 0 Å². The lowest BCUT2D eigenvalue weighted by Gasteiger charge is -2.34. The fourth-order valence-electron chi connectivity index (χ4n) is 8.82. The zero-order valence-electron chi connectivity index (χ0n) is 32.1. The molecule has 276 valence electrons. The second-order valence-electron chi connectivity index (χ2n) is 15.4. The van der Waals surface area contributed by atoms with E-state index >= 15 is 0 Å². The minimum atomic E-state index is 0.241. The maximum Gasteiger partial charge on any atom is 0.0560 e. The highest BCUT2D eigenvalue weighted by atomic mass is 15.2. The summed E-state index contributed by atoms with van der Waals surface area (Å²) in [4.78, 5) is 4.92. The van der Waals surface area contributed by atoms with Crippen molar-refractivity contribution in [2.75, 3.05) is 9.80 Å². The Labute approximate surface area is 333 Å². The summed E-state index contributed by atoms with van der Waals surface area (Å²) in [5, 5.41) is 0. The van der Waals surface area contributed by atoms with E-state index in [2.05, 4.69) is 216 Å². The summed E-state index contributed by atoms with van der Waals surface area (Å²) in [5.74, 6) is 1.22. The number of hydrogen-bond acceptors (Lipinski definition) is 2. The molecule has 0 aliphatic heterocycles. The van der Waals surface area contributed by atoms with Crippen LogP contribution in [0.3, 0.4) is 0 Å². The smallest absolute Gasteiger partial charge is 0.0560 e. The van der Waals surface area contributed by atoms with Gasteiger partial charge in [-0.1, -0.05) is 158 Å². The first-order chi connectivity index (χ1) is 27.8.